The first-order valence-corrected chi connectivity index (χ1v) is 11.3. The van der Waals surface area contributed by atoms with Crippen molar-refractivity contribution in [1.29, 1.82) is 0 Å². The van der Waals surface area contributed by atoms with Crippen molar-refractivity contribution in [3.8, 4) is 0 Å². The zero-order chi connectivity index (χ0) is 20.3. The molecule has 1 amide bonds. The van der Waals surface area contributed by atoms with Gasteiger partial charge in [-0.25, -0.2) is 4.79 Å². The molecule has 0 unspecified atom stereocenters. The van der Waals surface area contributed by atoms with Crippen molar-refractivity contribution < 1.29 is 9.21 Å². The second-order valence-corrected chi connectivity index (χ2v) is 8.93. The summed E-state index contributed by atoms with van der Waals surface area (Å²) in [5.74, 6) is -0.464. The van der Waals surface area contributed by atoms with Crippen LogP contribution < -0.4 is 11.1 Å². The third kappa shape index (κ3) is 4.53. The summed E-state index contributed by atoms with van der Waals surface area (Å²) in [4.78, 5) is 27.4. The molecule has 6 nitrogen and oxygen atoms in total. The molecule has 1 aromatic carbocycles. The average Bonchev–Trinajstić information content (AvgIpc) is 3.06. The minimum Gasteiger partial charge on any atom is -0.408 e. The Morgan fingerprint density at radius 2 is 1.83 bits per heavy atom. The lowest BCUT2D eigenvalue weighted by atomic mass is 9.79. The van der Waals surface area contributed by atoms with E-state index in [2.05, 4.69) is 10.2 Å². The van der Waals surface area contributed by atoms with Gasteiger partial charge in [0.1, 0.15) is 0 Å². The van der Waals surface area contributed by atoms with Crippen LogP contribution >= 0.6 is 11.6 Å². The Morgan fingerprint density at radius 1 is 1.10 bits per heavy atom. The van der Waals surface area contributed by atoms with E-state index in [9.17, 15) is 9.59 Å². The van der Waals surface area contributed by atoms with Crippen LogP contribution in [-0.2, 0) is 11.3 Å². The second kappa shape index (κ2) is 8.92. The number of aromatic nitrogens is 1. The van der Waals surface area contributed by atoms with Crippen LogP contribution in [-0.4, -0.2) is 40.5 Å². The Kier molecular flexibility index (Phi) is 6.30. The molecule has 0 spiro atoms. The lowest BCUT2D eigenvalue weighted by Gasteiger charge is -2.48. The molecule has 0 bridgehead atoms. The molecule has 158 valence electrons. The predicted molar refractivity (Wildman–Crippen MR) is 114 cm³/mol. The zero-order valence-corrected chi connectivity index (χ0v) is 17.7. The fourth-order valence-corrected chi connectivity index (χ4v) is 5.16. The second-order valence-electron chi connectivity index (χ2n) is 8.49. The third-order valence-corrected chi connectivity index (χ3v) is 6.85. The van der Waals surface area contributed by atoms with Gasteiger partial charge in [0.15, 0.2) is 5.58 Å². The Bertz CT molecular complexity index is 908. The molecule has 0 atom stereocenters. The van der Waals surface area contributed by atoms with E-state index in [4.69, 9.17) is 16.0 Å². The van der Waals surface area contributed by atoms with Crippen molar-refractivity contribution in [3.63, 3.8) is 0 Å². The fourth-order valence-electron chi connectivity index (χ4n) is 5.00. The van der Waals surface area contributed by atoms with Gasteiger partial charge in [0, 0.05) is 36.1 Å². The lowest BCUT2D eigenvalue weighted by molar-refractivity contribution is -0.122. The van der Waals surface area contributed by atoms with Gasteiger partial charge in [0.05, 0.1) is 5.52 Å². The molecule has 1 saturated heterocycles. The summed E-state index contributed by atoms with van der Waals surface area (Å²) >= 11 is 5.96. The van der Waals surface area contributed by atoms with Crippen molar-refractivity contribution in [1.82, 2.24) is 14.8 Å². The number of nitrogens with zero attached hydrogens (tertiary/aromatic N) is 2. The van der Waals surface area contributed by atoms with Gasteiger partial charge in [0.2, 0.25) is 5.91 Å². The zero-order valence-electron chi connectivity index (χ0n) is 16.9. The third-order valence-electron chi connectivity index (χ3n) is 6.62. The summed E-state index contributed by atoms with van der Waals surface area (Å²) in [7, 11) is 0. The maximum absolute atomic E-state index is 12.6. The fraction of sp³-hybridized carbons (Fsp3) is 0.636. The van der Waals surface area contributed by atoms with E-state index in [1.807, 2.05) is 0 Å². The Morgan fingerprint density at radius 3 is 2.59 bits per heavy atom. The van der Waals surface area contributed by atoms with Crippen LogP contribution in [0.1, 0.15) is 57.8 Å². The van der Waals surface area contributed by atoms with Crippen LogP contribution in [0.25, 0.3) is 11.1 Å². The van der Waals surface area contributed by atoms with E-state index in [0.29, 0.717) is 29.2 Å². The van der Waals surface area contributed by atoms with Crippen molar-refractivity contribution in [3.05, 3.63) is 33.8 Å². The summed E-state index contributed by atoms with van der Waals surface area (Å²) in [5, 5.41) is 3.70. The molecule has 29 heavy (non-hydrogen) atoms. The van der Waals surface area contributed by atoms with Gasteiger partial charge in [0.25, 0.3) is 0 Å². The Labute approximate surface area is 176 Å². The number of rotatable bonds is 6. The molecule has 2 heterocycles. The van der Waals surface area contributed by atoms with Crippen molar-refractivity contribution in [2.75, 3.05) is 19.6 Å². The monoisotopic (exact) mass is 419 g/mol. The molecule has 1 N–H and O–H groups in total. The van der Waals surface area contributed by atoms with Gasteiger partial charge >= 0.3 is 5.76 Å². The summed E-state index contributed by atoms with van der Waals surface area (Å²) in [6.45, 7) is 3.31. The van der Waals surface area contributed by atoms with Gasteiger partial charge in [-0.15, -0.1) is 0 Å². The summed E-state index contributed by atoms with van der Waals surface area (Å²) < 4.78 is 6.75. The number of likely N-dealkylation sites (tertiary alicyclic amines) is 1. The first-order valence-electron chi connectivity index (χ1n) is 10.9. The molecule has 7 heteroatoms. The quantitative estimate of drug-likeness (QED) is 0.769. The van der Waals surface area contributed by atoms with Gasteiger partial charge in [-0.1, -0.05) is 37.3 Å². The van der Waals surface area contributed by atoms with Crippen molar-refractivity contribution >= 4 is 28.6 Å². The van der Waals surface area contributed by atoms with Crippen molar-refractivity contribution in [2.24, 2.45) is 0 Å². The van der Waals surface area contributed by atoms with E-state index < -0.39 is 5.76 Å². The van der Waals surface area contributed by atoms with E-state index in [-0.39, 0.29) is 17.9 Å². The van der Waals surface area contributed by atoms with Crippen LogP contribution in [0.2, 0.25) is 5.02 Å². The normalized spacial score (nSPS) is 20.0. The number of piperidine rings is 1. The van der Waals surface area contributed by atoms with E-state index in [1.54, 1.807) is 18.2 Å². The van der Waals surface area contributed by atoms with Gasteiger partial charge in [-0.05, 0) is 50.9 Å². The molecule has 2 aliphatic rings. The van der Waals surface area contributed by atoms with E-state index in [0.717, 1.165) is 13.1 Å². The maximum atomic E-state index is 12.6. The van der Waals surface area contributed by atoms with Crippen LogP contribution in [0.4, 0.5) is 0 Å². The number of benzene rings is 1. The molecule has 2 aromatic rings. The van der Waals surface area contributed by atoms with E-state index in [1.165, 1.54) is 55.9 Å². The Hall–Kier alpha value is -1.79. The lowest BCUT2D eigenvalue weighted by Crippen LogP contribution is -2.58. The number of amides is 1. The highest BCUT2D eigenvalue weighted by molar-refractivity contribution is 6.31. The molecular weight excluding hydrogens is 390 g/mol. The standard InChI is InChI=1S/C22H30ClN3O3/c23-17-7-8-18-19(15-17)29-21(28)26(18)14-9-20(27)24-16-22(10-3-1-4-11-22)25-12-5-2-6-13-25/h7-8,15H,1-6,9-14,16H2,(H,24,27). The highest BCUT2D eigenvalue weighted by Gasteiger charge is 2.38. The molecule has 1 aliphatic heterocycles. The number of halogens is 1. The number of fused-ring (bicyclic) bond motifs is 1. The van der Waals surface area contributed by atoms with Crippen LogP contribution in [0, 0.1) is 0 Å². The molecule has 4 rings (SSSR count). The largest absolute Gasteiger partial charge is 0.419 e. The minimum absolute atomic E-state index is 0.0119. The molecule has 0 radical (unpaired) electrons. The highest BCUT2D eigenvalue weighted by Crippen LogP contribution is 2.35. The smallest absolute Gasteiger partial charge is 0.408 e. The molecule has 1 saturated carbocycles. The van der Waals surface area contributed by atoms with Crippen LogP contribution in [0.5, 0.6) is 0 Å². The van der Waals surface area contributed by atoms with E-state index >= 15 is 0 Å². The van der Waals surface area contributed by atoms with Gasteiger partial charge in [-0.3, -0.25) is 14.3 Å². The summed E-state index contributed by atoms with van der Waals surface area (Å²) in [5.41, 5.74) is 1.24. The number of hydrogen-bond donors (Lipinski definition) is 1. The summed E-state index contributed by atoms with van der Waals surface area (Å²) in [6, 6.07) is 5.11. The number of aryl methyl sites for hydroxylation is 1. The highest BCUT2D eigenvalue weighted by atomic mass is 35.5. The first-order chi connectivity index (χ1) is 14.1. The molecule has 1 aromatic heterocycles. The van der Waals surface area contributed by atoms with Gasteiger partial charge in [-0.2, -0.15) is 0 Å². The molecular formula is C22H30ClN3O3. The first kappa shape index (κ1) is 20.5. The number of nitrogens with one attached hydrogen (secondary N) is 1. The number of oxazole rings is 1. The average molecular weight is 420 g/mol. The van der Waals surface area contributed by atoms with Crippen molar-refractivity contribution in [2.45, 2.75) is 69.9 Å². The molecule has 1 aliphatic carbocycles. The van der Waals surface area contributed by atoms with Gasteiger partial charge < -0.3 is 9.73 Å². The maximum Gasteiger partial charge on any atom is 0.419 e. The summed E-state index contributed by atoms with van der Waals surface area (Å²) in [6.07, 6.45) is 10.2. The van der Waals surface area contributed by atoms with Crippen LogP contribution in [0.15, 0.2) is 27.4 Å². The predicted octanol–water partition coefficient (Wildman–Crippen LogP) is 3.94. The molecule has 2 fully saturated rings. The number of hydrogen-bond acceptors (Lipinski definition) is 4. The SMILES string of the molecule is O=C(CCn1c(=O)oc2cc(Cl)ccc21)NCC1(N2CCCCC2)CCCCC1. The van der Waals surface area contributed by atoms with Crippen LogP contribution in [0.3, 0.4) is 0 Å². The number of carbonyl (C=O) groups is 1. The number of carbonyl (C=O) groups excluding carboxylic acids is 1. The minimum atomic E-state index is -0.452. The topological polar surface area (TPSA) is 67.5 Å². The Balaban J connectivity index is 1.38.